The lowest BCUT2D eigenvalue weighted by atomic mass is 10.1. The molecule has 0 radical (unpaired) electrons. The zero-order valence-electron chi connectivity index (χ0n) is 16.4. The van der Waals surface area contributed by atoms with Crippen LogP contribution < -0.4 is 15.5 Å². The van der Waals surface area contributed by atoms with Gasteiger partial charge in [0.15, 0.2) is 0 Å². The van der Waals surface area contributed by atoms with Crippen LogP contribution in [0, 0.1) is 6.92 Å². The summed E-state index contributed by atoms with van der Waals surface area (Å²) in [4.78, 5) is 11.6. The molecule has 1 aliphatic rings. The van der Waals surface area contributed by atoms with E-state index in [1.165, 1.54) is 30.5 Å². The standard InChI is InChI=1S/C23H27N5/c1-18-16-22(24-17-19-8-4-2-5-9-19)27-23(25-18)26-20-10-12-21(13-11-20)28-14-6-3-7-15-28/h2,4-5,8-13,16H,3,6-7,14-15,17H2,1H3,(H2,24,25,26,27). The van der Waals surface area contributed by atoms with Crippen LogP contribution in [0.3, 0.4) is 0 Å². The number of nitrogens with zero attached hydrogens (tertiary/aromatic N) is 3. The minimum absolute atomic E-state index is 0.612. The Balaban J connectivity index is 1.41. The highest BCUT2D eigenvalue weighted by Crippen LogP contribution is 2.23. The van der Waals surface area contributed by atoms with Gasteiger partial charge in [0, 0.05) is 42.8 Å². The van der Waals surface area contributed by atoms with E-state index in [0.717, 1.165) is 36.8 Å². The highest BCUT2D eigenvalue weighted by molar-refractivity contribution is 5.60. The van der Waals surface area contributed by atoms with Crippen molar-refractivity contribution in [2.45, 2.75) is 32.7 Å². The monoisotopic (exact) mass is 373 g/mol. The third-order valence-corrected chi connectivity index (χ3v) is 5.02. The number of hydrogen-bond donors (Lipinski definition) is 2. The van der Waals surface area contributed by atoms with Crippen molar-refractivity contribution in [1.29, 1.82) is 0 Å². The minimum atomic E-state index is 0.612. The van der Waals surface area contributed by atoms with E-state index in [2.05, 4.69) is 61.9 Å². The van der Waals surface area contributed by atoms with Gasteiger partial charge in [-0.15, -0.1) is 0 Å². The number of nitrogens with one attached hydrogen (secondary N) is 2. The van der Waals surface area contributed by atoms with Crippen LogP contribution in [0.2, 0.25) is 0 Å². The van der Waals surface area contributed by atoms with Crippen molar-refractivity contribution >= 4 is 23.1 Å². The van der Waals surface area contributed by atoms with E-state index < -0.39 is 0 Å². The molecule has 0 saturated carbocycles. The average Bonchev–Trinajstić information content (AvgIpc) is 2.74. The maximum atomic E-state index is 4.61. The molecule has 1 aliphatic heterocycles. The molecule has 4 rings (SSSR count). The molecule has 0 amide bonds. The summed E-state index contributed by atoms with van der Waals surface area (Å²) in [6.45, 7) is 5.04. The van der Waals surface area contributed by atoms with Crippen LogP contribution in [0.15, 0.2) is 60.7 Å². The van der Waals surface area contributed by atoms with Gasteiger partial charge in [0.05, 0.1) is 0 Å². The van der Waals surface area contributed by atoms with Gasteiger partial charge in [-0.2, -0.15) is 4.98 Å². The normalized spacial score (nSPS) is 14.0. The van der Waals surface area contributed by atoms with E-state index in [0.29, 0.717) is 5.95 Å². The van der Waals surface area contributed by atoms with Crippen molar-refractivity contribution in [3.8, 4) is 0 Å². The predicted octanol–water partition coefficient (Wildman–Crippen LogP) is 5.13. The fourth-order valence-corrected chi connectivity index (χ4v) is 3.54. The first-order valence-corrected chi connectivity index (χ1v) is 10.0. The maximum absolute atomic E-state index is 4.61. The molecule has 144 valence electrons. The number of anilines is 4. The minimum Gasteiger partial charge on any atom is -0.372 e. The molecule has 2 aromatic carbocycles. The molecule has 5 nitrogen and oxygen atoms in total. The predicted molar refractivity (Wildman–Crippen MR) is 116 cm³/mol. The summed E-state index contributed by atoms with van der Waals surface area (Å²) in [6, 6.07) is 20.8. The summed E-state index contributed by atoms with van der Waals surface area (Å²) in [7, 11) is 0. The summed E-state index contributed by atoms with van der Waals surface area (Å²) in [6.07, 6.45) is 3.92. The Bertz CT molecular complexity index is 887. The lowest BCUT2D eigenvalue weighted by Gasteiger charge is -2.28. The van der Waals surface area contributed by atoms with Crippen molar-refractivity contribution in [2.75, 3.05) is 28.6 Å². The molecule has 0 atom stereocenters. The smallest absolute Gasteiger partial charge is 0.229 e. The molecule has 1 aromatic heterocycles. The van der Waals surface area contributed by atoms with Gasteiger partial charge < -0.3 is 15.5 Å². The second kappa shape index (κ2) is 8.74. The molecule has 0 unspecified atom stereocenters. The molecular weight excluding hydrogens is 346 g/mol. The van der Waals surface area contributed by atoms with E-state index in [1.807, 2.05) is 31.2 Å². The van der Waals surface area contributed by atoms with Crippen molar-refractivity contribution < 1.29 is 0 Å². The number of rotatable bonds is 6. The lowest BCUT2D eigenvalue weighted by molar-refractivity contribution is 0.578. The highest BCUT2D eigenvalue weighted by Gasteiger charge is 2.11. The Morgan fingerprint density at radius 3 is 2.39 bits per heavy atom. The van der Waals surface area contributed by atoms with E-state index in [-0.39, 0.29) is 0 Å². The molecular formula is C23H27N5. The zero-order chi connectivity index (χ0) is 19.2. The Morgan fingerprint density at radius 2 is 1.64 bits per heavy atom. The van der Waals surface area contributed by atoms with Gasteiger partial charge in [0.1, 0.15) is 5.82 Å². The maximum Gasteiger partial charge on any atom is 0.229 e. The van der Waals surface area contributed by atoms with Crippen LogP contribution in [-0.2, 0) is 6.54 Å². The van der Waals surface area contributed by atoms with Crippen molar-refractivity contribution in [1.82, 2.24) is 9.97 Å². The van der Waals surface area contributed by atoms with Crippen LogP contribution in [0.5, 0.6) is 0 Å². The molecule has 1 saturated heterocycles. The van der Waals surface area contributed by atoms with E-state index in [4.69, 9.17) is 0 Å². The first-order valence-electron chi connectivity index (χ1n) is 10.0. The highest BCUT2D eigenvalue weighted by atomic mass is 15.1. The van der Waals surface area contributed by atoms with Crippen LogP contribution in [0.25, 0.3) is 0 Å². The molecule has 2 N–H and O–H groups in total. The molecule has 0 bridgehead atoms. The third kappa shape index (κ3) is 4.80. The Labute approximate surface area is 166 Å². The molecule has 5 heteroatoms. The Kier molecular flexibility index (Phi) is 5.71. The first-order chi connectivity index (χ1) is 13.8. The quantitative estimate of drug-likeness (QED) is 0.627. The van der Waals surface area contributed by atoms with Gasteiger partial charge >= 0.3 is 0 Å². The number of benzene rings is 2. The second-order valence-corrected chi connectivity index (χ2v) is 7.28. The van der Waals surface area contributed by atoms with Gasteiger partial charge in [0.2, 0.25) is 5.95 Å². The van der Waals surface area contributed by atoms with Crippen LogP contribution in [-0.4, -0.2) is 23.1 Å². The largest absolute Gasteiger partial charge is 0.372 e. The fraction of sp³-hybridized carbons (Fsp3) is 0.304. The van der Waals surface area contributed by atoms with Gasteiger partial charge in [-0.3, -0.25) is 0 Å². The fourth-order valence-electron chi connectivity index (χ4n) is 3.54. The van der Waals surface area contributed by atoms with Crippen molar-refractivity contribution in [3.05, 3.63) is 71.9 Å². The number of aromatic nitrogens is 2. The first kappa shape index (κ1) is 18.3. The van der Waals surface area contributed by atoms with Crippen molar-refractivity contribution in [2.24, 2.45) is 0 Å². The van der Waals surface area contributed by atoms with E-state index in [9.17, 15) is 0 Å². The number of piperidine rings is 1. The number of aryl methyl sites for hydroxylation is 1. The zero-order valence-corrected chi connectivity index (χ0v) is 16.4. The molecule has 28 heavy (non-hydrogen) atoms. The SMILES string of the molecule is Cc1cc(NCc2ccccc2)nc(Nc2ccc(N3CCCCC3)cc2)n1. The summed E-state index contributed by atoms with van der Waals surface area (Å²) in [5.74, 6) is 1.44. The van der Waals surface area contributed by atoms with Crippen LogP contribution >= 0.6 is 0 Å². The van der Waals surface area contributed by atoms with Gasteiger partial charge in [-0.1, -0.05) is 30.3 Å². The average molecular weight is 374 g/mol. The Hall–Kier alpha value is -3.08. The molecule has 3 aromatic rings. The molecule has 0 aliphatic carbocycles. The van der Waals surface area contributed by atoms with Gasteiger partial charge in [-0.25, -0.2) is 4.98 Å². The molecule has 0 spiro atoms. The van der Waals surface area contributed by atoms with Gasteiger partial charge in [-0.05, 0) is 56.0 Å². The van der Waals surface area contributed by atoms with E-state index in [1.54, 1.807) is 0 Å². The second-order valence-electron chi connectivity index (χ2n) is 7.28. The van der Waals surface area contributed by atoms with Gasteiger partial charge in [0.25, 0.3) is 0 Å². The summed E-state index contributed by atoms with van der Waals surface area (Å²) in [5, 5.41) is 6.72. The topological polar surface area (TPSA) is 53.1 Å². The summed E-state index contributed by atoms with van der Waals surface area (Å²) in [5.41, 5.74) is 4.44. The third-order valence-electron chi connectivity index (χ3n) is 5.02. The molecule has 1 fully saturated rings. The summed E-state index contributed by atoms with van der Waals surface area (Å²) >= 11 is 0. The Morgan fingerprint density at radius 1 is 0.893 bits per heavy atom. The van der Waals surface area contributed by atoms with Crippen LogP contribution in [0.4, 0.5) is 23.1 Å². The summed E-state index contributed by atoms with van der Waals surface area (Å²) < 4.78 is 0. The lowest BCUT2D eigenvalue weighted by Crippen LogP contribution is -2.29. The van der Waals surface area contributed by atoms with Crippen LogP contribution in [0.1, 0.15) is 30.5 Å². The van der Waals surface area contributed by atoms with E-state index >= 15 is 0 Å². The molecule has 2 heterocycles. The van der Waals surface area contributed by atoms with Crippen molar-refractivity contribution in [3.63, 3.8) is 0 Å². The number of hydrogen-bond acceptors (Lipinski definition) is 5.